The third-order valence-corrected chi connectivity index (χ3v) is 6.48. The van der Waals surface area contributed by atoms with Crippen LogP contribution in [0.2, 0.25) is 5.02 Å². The van der Waals surface area contributed by atoms with E-state index in [9.17, 15) is 9.59 Å². The molecule has 7 heteroatoms. The molecule has 0 radical (unpaired) electrons. The summed E-state index contributed by atoms with van der Waals surface area (Å²) in [6.07, 6.45) is 0.297. The molecular formula is C28H24BrClN2O3. The summed E-state index contributed by atoms with van der Waals surface area (Å²) >= 11 is 9.63. The molecule has 0 aliphatic rings. The molecule has 1 amide bonds. The average Bonchev–Trinajstić information content (AvgIpc) is 2.88. The maximum absolute atomic E-state index is 13.3. The van der Waals surface area contributed by atoms with Crippen molar-refractivity contribution in [3.63, 3.8) is 0 Å². The lowest BCUT2D eigenvalue weighted by Crippen LogP contribution is -2.43. The molecule has 0 aromatic heterocycles. The zero-order chi connectivity index (χ0) is 24.8. The number of anilines is 1. The summed E-state index contributed by atoms with van der Waals surface area (Å²) in [5, 5.41) is 8.89. The molecule has 5 nitrogen and oxygen atoms in total. The van der Waals surface area contributed by atoms with Crippen LogP contribution in [0.5, 0.6) is 0 Å². The molecule has 178 valence electrons. The molecule has 0 saturated heterocycles. The van der Waals surface area contributed by atoms with Crippen LogP contribution in [0.3, 0.4) is 0 Å². The number of carbonyl (C=O) groups excluding carboxylic acids is 2. The molecule has 0 aliphatic carbocycles. The summed E-state index contributed by atoms with van der Waals surface area (Å²) in [5.41, 5.74) is 2.96. The van der Waals surface area contributed by atoms with Crippen LogP contribution < -0.4 is 10.6 Å². The molecule has 4 rings (SSSR count). The summed E-state index contributed by atoms with van der Waals surface area (Å²) < 4.78 is 5.87. The first-order valence-corrected chi connectivity index (χ1v) is 12.2. The molecule has 0 spiro atoms. The normalized spacial score (nSPS) is 11.6. The Morgan fingerprint density at radius 1 is 0.971 bits per heavy atom. The second-order valence-electron chi connectivity index (χ2n) is 8.06. The van der Waals surface area contributed by atoms with Gasteiger partial charge in [-0.2, -0.15) is 0 Å². The maximum Gasteiger partial charge on any atom is 0.328 e. The Hall–Kier alpha value is -3.35. The van der Waals surface area contributed by atoms with E-state index in [0.717, 1.165) is 26.4 Å². The van der Waals surface area contributed by atoms with E-state index in [4.69, 9.17) is 16.3 Å². The Labute approximate surface area is 217 Å². The van der Waals surface area contributed by atoms with Crippen LogP contribution >= 0.6 is 27.5 Å². The van der Waals surface area contributed by atoms with Crippen molar-refractivity contribution in [2.24, 2.45) is 0 Å². The lowest BCUT2D eigenvalue weighted by atomic mass is 10.0. The monoisotopic (exact) mass is 550 g/mol. The molecule has 0 bridgehead atoms. The van der Waals surface area contributed by atoms with Crippen LogP contribution in [0.1, 0.15) is 21.5 Å². The van der Waals surface area contributed by atoms with E-state index >= 15 is 0 Å². The molecule has 2 N–H and O–H groups in total. The second kappa shape index (κ2) is 11.4. The van der Waals surface area contributed by atoms with Gasteiger partial charge in [-0.15, -0.1) is 0 Å². The largest absolute Gasteiger partial charge is 0.467 e. The Kier molecular flexibility index (Phi) is 8.06. The second-order valence-corrected chi connectivity index (χ2v) is 9.41. The number of hydrogen-bond acceptors (Lipinski definition) is 4. The lowest BCUT2D eigenvalue weighted by Gasteiger charge is -2.19. The Morgan fingerprint density at radius 3 is 2.49 bits per heavy atom. The van der Waals surface area contributed by atoms with Crippen LogP contribution in [0.15, 0.2) is 89.4 Å². The molecule has 0 unspecified atom stereocenters. The van der Waals surface area contributed by atoms with E-state index in [1.165, 1.54) is 7.11 Å². The first-order chi connectivity index (χ1) is 16.9. The number of rotatable bonds is 8. The van der Waals surface area contributed by atoms with Gasteiger partial charge in [0.25, 0.3) is 5.91 Å². The highest BCUT2D eigenvalue weighted by molar-refractivity contribution is 9.10. The summed E-state index contributed by atoms with van der Waals surface area (Å²) in [6, 6.07) is 26.1. The van der Waals surface area contributed by atoms with Crippen molar-refractivity contribution >= 4 is 55.9 Å². The average molecular weight is 552 g/mol. The smallest absolute Gasteiger partial charge is 0.328 e. The molecule has 35 heavy (non-hydrogen) atoms. The Bertz CT molecular complexity index is 1350. The number of halogens is 2. The number of nitrogens with one attached hydrogen (secondary N) is 2. The van der Waals surface area contributed by atoms with Crippen LogP contribution in [0, 0.1) is 0 Å². The minimum absolute atomic E-state index is 0.297. The predicted molar refractivity (Wildman–Crippen MR) is 144 cm³/mol. The summed E-state index contributed by atoms with van der Waals surface area (Å²) in [7, 11) is 1.31. The zero-order valence-electron chi connectivity index (χ0n) is 19.1. The van der Waals surface area contributed by atoms with Crippen molar-refractivity contribution in [2.75, 3.05) is 12.4 Å². The lowest BCUT2D eigenvalue weighted by molar-refractivity contribution is -0.142. The van der Waals surface area contributed by atoms with E-state index in [1.807, 2.05) is 42.5 Å². The minimum atomic E-state index is -0.849. The van der Waals surface area contributed by atoms with Gasteiger partial charge in [0, 0.05) is 28.1 Å². The quantitative estimate of drug-likeness (QED) is 0.249. The molecule has 4 aromatic carbocycles. The van der Waals surface area contributed by atoms with Crippen LogP contribution in [-0.2, 0) is 22.5 Å². The van der Waals surface area contributed by atoms with Gasteiger partial charge in [-0.05, 0) is 52.2 Å². The number of carbonyl (C=O) groups is 2. The van der Waals surface area contributed by atoms with Crippen LogP contribution in [-0.4, -0.2) is 25.0 Å². The fraction of sp³-hybridized carbons (Fsp3) is 0.143. The number of esters is 1. The van der Waals surface area contributed by atoms with Crippen LogP contribution in [0.4, 0.5) is 5.69 Å². The van der Waals surface area contributed by atoms with Crippen molar-refractivity contribution in [1.29, 1.82) is 0 Å². The molecule has 0 saturated carbocycles. The van der Waals surface area contributed by atoms with Gasteiger partial charge in [-0.25, -0.2) is 4.79 Å². The summed E-state index contributed by atoms with van der Waals surface area (Å²) in [4.78, 5) is 25.7. The number of amides is 1. The van der Waals surface area contributed by atoms with Gasteiger partial charge in [0.05, 0.1) is 12.7 Å². The number of hydrogen-bond donors (Lipinski definition) is 2. The van der Waals surface area contributed by atoms with Gasteiger partial charge in [0.1, 0.15) is 6.04 Å². The highest BCUT2D eigenvalue weighted by Gasteiger charge is 2.24. The van der Waals surface area contributed by atoms with E-state index in [2.05, 4.69) is 50.8 Å². The fourth-order valence-corrected chi connectivity index (χ4v) is 4.36. The standard InChI is InChI=1S/C28H24BrClN2O3/c1-35-28(34)26(15-18-9-11-21(29)12-10-18)32-27(33)24-16-22(30)13-14-25(24)31-17-20-7-4-6-19-5-2-3-8-23(19)20/h2-14,16,26,31H,15,17H2,1H3,(H,32,33)/t26-/m0/s1. The van der Waals surface area contributed by atoms with Crippen LogP contribution in [0.25, 0.3) is 10.8 Å². The zero-order valence-corrected chi connectivity index (χ0v) is 21.4. The van der Waals surface area contributed by atoms with Crippen molar-refractivity contribution in [2.45, 2.75) is 19.0 Å². The molecule has 1 atom stereocenters. The van der Waals surface area contributed by atoms with Gasteiger partial charge < -0.3 is 15.4 Å². The Balaban J connectivity index is 1.55. The van der Waals surface area contributed by atoms with Gasteiger partial charge >= 0.3 is 5.97 Å². The van der Waals surface area contributed by atoms with Gasteiger partial charge in [-0.3, -0.25) is 4.79 Å². The van der Waals surface area contributed by atoms with Crippen molar-refractivity contribution < 1.29 is 14.3 Å². The molecule has 0 heterocycles. The first kappa shape index (κ1) is 24.8. The molecule has 0 aliphatic heterocycles. The molecule has 0 fully saturated rings. The number of ether oxygens (including phenoxy) is 1. The summed E-state index contributed by atoms with van der Waals surface area (Å²) in [6.45, 7) is 0.516. The van der Waals surface area contributed by atoms with E-state index < -0.39 is 17.9 Å². The van der Waals surface area contributed by atoms with Crippen molar-refractivity contribution in [3.8, 4) is 0 Å². The minimum Gasteiger partial charge on any atom is -0.467 e. The number of fused-ring (bicyclic) bond motifs is 1. The topological polar surface area (TPSA) is 67.4 Å². The highest BCUT2D eigenvalue weighted by Crippen LogP contribution is 2.24. The first-order valence-electron chi connectivity index (χ1n) is 11.1. The maximum atomic E-state index is 13.3. The third kappa shape index (κ3) is 6.21. The Morgan fingerprint density at radius 2 is 1.71 bits per heavy atom. The van der Waals surface area contributed by atoms with Crippen molar-refractivity contribution in [1.82, 2.24) is 5.32 Å². The number of benzene rings is 4. The van der Waals surface area contributed by atoms with E-state index in [1.54, 1.807) is 18.2 Å². The van der Waals surface area contributed by atoms with E-state index in [-0.39, 0.29) is 0 Å². The van der Waals surface area contributed by atoms with Crippen molar-refractivity contribution in [3.05, 3.63) is 111 Å². The SMILES string of the molecule is COC(=O)[C@H](Cc1ccc(Br)cc1)NC(=O)c1cc(Cl)ccc1NCc1cccc2ccccc12. The molecular weight excluding hydrogens is 528 g/mol. The molecule has 4 aromatic rings. The summed E-state index contributed by atoms with van der Waals surface area (Å²) in [5.74, 6) is -0.936. The third-order valence-electron chi connectivity index (χ3n) is 5.72. The van der Waals surface area contributed by atoms with Gasteiger partial charge in [0.15, 0.2) is 0 Å². The van der Waals surface area contributed by atoms with E-state index in [0.29, 0.717) is 29.2 Å². The predicted octanol–water partition coefficient (Wildman–Crippen LogP) is 6.38. The van der Waals surface area contributed by atoms with Gasteiger partial charge in [0.2, 0.25) is 0 Å². The fourth-order valence-electron chi connectivity index (χ4n) is 3.92. The highest BCUT2D eigenvalue weighted by atomic mass is 79.9. The van der Waals surface area contributed by atoms with Gasteiger partial charge in [-0.1, -0.05) is 82.1 Å². The number of methoxy groups -OCH3 is 1.